The highest BCUT2D eigenvalue weighted by Gasteiger charge is 2.16. The molecule has 2 rings (SSSR count). The van der Waals surface area contributed by atoms with Crippen LogP contribution in [0.2, 0.25) is 5.02 Å². The summed E-state index contributed by atoms with van der Waals surface area (Å²) in [5, 5.41) is 4.04. The predicted octanol–water partition coefficient (Wildman–Crippen LogP) is 3.40. The molecule has 0 radical (unpaired) electrons. The lowest BCUT2D eigenvalue weighted by Gasteiger charge is -2.23. The van der Waals surface area contributed by atoms with Crippen LogP contribution in [-0.2, 0) is 11.3 Å². The number of hydrogen-bond acceptors (Lipinski definition) is 3. The normalized spacial score (nSPS) is 19.4. The summed E-state index contributed by atoms with van der Waals surface area (Å²) in [6.07, 6.45) is 3.36. The van der Waals surface area contributed by atoms with Gasteiger partial charge in [-0.05, 0) is 43.5 Å². The standard InChI is InChI=1S/C15H22ClNO2/c1-2-7-17-10-12-5-6-15(14(16)9-12)19-13-4-3-8-18-11-13/h5-6,9,13,17H,2-4,7-8,10-11H2,1H3. The van der Waals surface area contributed by atoms with Crippen molar-refractivity contribution in [2.24, 2.45) is 0 Å². The molecule has 1 fully saturated rings. The van der Waals surface area contributed by atoms with Crippen molar-refractivity contribution in [1.82, 2.24) is 5.32 Å². The fourth-order valence-electron chi connectivity index (χ4n) is 2.14. The minimum atomic E-state index is 0.135. The Bertz CT molecular complexity index is 392. The Morgan fingerprint density at radius 3 is 3.05 bits per heavy atom. The van der Waals surface area contributed by atoms with Crippen LogP contribution in [0.1, 0.15) is 31.7 Å². The van der Waals surface area contributed by atoms with E-state index < -0.39 is 0 Å². The highest BCUT2D eigenvalue weighted by Crippen LogP contribution is 2.27. The Morgan fingerprint density at radius 1 is 1.47 bits per heavy atom. The maximum absolute atomic E-state index is 6.27. The maximum atomic E-state index is 6.27. The quantitative estimate of drug-likeness (QED) is 0.812. The lowest BCUT2D eigenvalue weighted by Crippen LogP contribution is -2.28. The Labute approximate surface area is 120 Å². The van der Waals surface area contributed by atoms with Crippen molar-refractivity contribution in [3.63, 3.8) is 0 Å². The van der Waals surface area contributed by atoms with Gasteiger partial charge in [0.15, 0.2) is 0 Å². The van der Waals surface area contributed by atoms with Gasteiger partial charge in [0.05, 0.1) is 11.6 Å². The highest BCUT2D eigenvalue weighted by molar-refractivity contribution is 6.32. The number of ether oxygens (including phenoxy) is 2. The van der Waals surface area contributed by atoms with Crippen molar-refractivity contribution in [3.05, 3.63) is 28.8 Å². The van der Waals surface area contributed by atoms with E-state index in [0.29, 0.717) is 11.6 Å². The van der Waals surface area contributed by atoms with E-state index >= 15 is 0 Å². The Morgan fingerprint density at radius 2 is 2.37 bits per heavy atom. The fourth-order valence-corrected chi connectivity index (χ4v) is 2.39. The molecule has 0 aromatic heterocycles. The van der Waals surface area contributed by atoms with Crippen molar-refractivity contribution in [1.29, 1.82) is 0 Å². The predicted molar refractivity (Wildman–Crippen MR) is 77.9 cm³/mol. The molecule has 0 amide bonds. The second kappa shape index (κ2) is 7.73. The van der Waals surface area contributed by atoms with E-state index in [1.807, 2.05) is 12.1 Å². The van der Waals surface area contributed by atoms with Crippen LogP contribution in [0.25, 0.3) is 0 Å². The monoisotopic (exact) mass is 283 g/mol. The minimum Gasteiger partial charge on any atom is -0.486 e. The molecule has 106 valence electrons. The van der Waals surface area contributed by atoms with Gasteiger partial charge < -0.3 is 14.8 Å². The molecular weight excluding hydrogens is 262 g/mol. The lowest BCUT2D eigenvalue weighted by molar-refractivity contribution is 0.00747. The van der Waals surface area contributed by atoms with Crippen LogP contribution < -0.4 is 10.1 Å². The molecule has 0 bridgehead atoms. The van der Waals surface area contributed by atoms with Gasteiger partial charge in [-0.15, -0.1) is 0 Å². The molecule has 0 spiro atoms. The van der Waals surface area contributed by atoms with Crippen LogP contribution >= 0.6 is 11.6 Å². The van der Waals surface area contributed by atoms with Gasteiger partial charge in [0.2, 0.25) is 0 Å². The number of benzene rings is 1. The second-order valence-electron chi connectivity index (χ2n) is 4.90. The first kappa shape index (κ1) is 14.6. The van der Waals surface area contributed by atoms with Gasteiger partial charge in [-0.1, -0.05) is 24.6 Å². The van der Waals surface area contributed by atoms with Gasteiger partial charge >= 0.3 is 0 Å². The topological polar surface area (TPSA) is 30.5 Å². The summed E-state index contributed by atoms with van der Waals surface area (Å²) < 4.78 is 11.3. The largest absolute Gasteiger partial charge is 0.486 e. The first-order valence-electron chi connectivity index (χ1n) is 7.03. The Kier molecular flexibility index (Phi) is 5.95. The number of hydrogen-bond donors (Lipinski definition) is 1. The molecule has 1 unspecified atom stereocenters. The van der Waals surface area contributed by atoms with E-state index in [4.69, 9.17) is 21.1 Å². The van der Waals surface area contributed by atoms with Gasteiger partial charge in [-0.25, -0.2) is 0 Å². The molecule has 3 nitrogen and oxygen atoms in total. The maximum Gasteiger partial charge on any atom is 0.138 e. The molecular formula is C15H22ClNO2. The molecule has 4 heteroatoms. The van der Waals surface area contributed by atoms with Crippen molar-refractivity contribution >= 4 is 11.6 Å². The zero-order chi connectivity index (χ0) is 13.5. The van der Waals surface area contributed by atoms with Crippen LogP contribution in [0.4, 0.5) is 0 Å². The summed E-state index contributed by atoms with van der Waals surface area (Å²) in [6.45, 7) is 5.53. The summed E-state index contributed by atoms with van der Waals surface area (Å²) in [5.41, 5.74) is 1.19. The Balaban J connectivity index is 1.90. The van der Waals surface area contributed by atoms with Crippen LogP contribution in [0, 0.1) is 0 Å². The van der Waals surface area contributed by atoms with E-state index in [9.17, 15) is 0 Å². The van der Waals surface area contributed by atoms with Gasteiger partial charge in [0.1, 0.15) is 11.9 Å². The first-order valence-corrected chi connectivity index (χ1v) is 7.41. The van der Waals surface area contributed by atoms with Gasteiger partial charge in [-0.3, -0.25) is 0 Å². The van der Waals surface area contributed by atoms with E-state index in [1.165, 1.54) is 5.56 Å². The van der Waals surface area contributed by atoms with Crippen molar-refractivity contribution < 1.29 is 9.47 Å². The third-order valence-corrected chi connectivity index (χ3v) is 3.46. The summed E-state index contributed by atoms with van der Waals surface area (Å²) in [6, 6.07) is 6.00. The molecule has 1 aliphatic rings. The van der Waals surface area contributed by atoms with Crippen molar-refractivity contribution in [2.45, 2.75) is 38.8 Å². The van der Waals surface area contributed by atoms with Gasteiger partial charge in [0, 0.05) is 13.2 Å². The second-order valence-corrected chi connectivity index (χ2v) is 5.31. The molecule has 0 saturated carbocycles. The Hall–Kier alpha value is -0.770. The summed E-state index contributed by atoms with van der Waals surface area (Å²) in [4.78, 5) is 0. The number of halogens is 1. The average Bonchev–Trinajstić information content (AvgIpc) is 2.43. The van der Waals surface area contributed by atoms with Crippen LogP contribution in [-0.4, -0.2) is 25.9 Å². The zero-order valence-corrected chi connectivity index (χ0v) is 12.2. The smallest absolute Gasteiger partial charge is 0.138 e. The van der Waals surface area contributed by atoms with E-state index in [2.05, 4.69) is 18.3 Å². The van der Waals surface area contributed by atoms with E-state index in [0.717, 1.165) is 44.7 Å². The molecule has 1 aromatic carbocycles. The van der Waals surface area contributed by atoms with Gasteiger partial charge in [0.25, 0.3) is 0 Å². The van der Waals surface area contributed by atoms with Crippen molar-refractivity contribution in [3.8, 4) is 5.75 Å². The SMILES string of the molecule is CCCNCc1ccc(OC2CCCOC2)c(Cl)c1. The minimum absolute atomic E-state index is 0.135. The summed E-state index contributed by atoms with van der Waals surface area (Å²) in [5.74, 6) is 0.761. The third-order valence-electron chi connectivity index (χ3n) is 3.16. The van der Waals surface area contributed by atoms with Crippen molar-refractivity contribution in [2.75, 3.05) is 19.8 Å². The summed E-state index contributed by atoms with van der Waals surface area (Å²) >= 11 is 6.27. The molecule has 0 aliphatic carbocycles. The molecule has 1 aliphatic heterocycles. The van der Waals surface area contributed by atoms with Crippen LogP contribution in [0.15, 0.2) is 18.2 Å². The lowest BCUT2D eigenvalue weighted by atomic mass is 10.1. The van der Waals surface area contributed by atoms with Crippen LogP contribution in [0.3, 0.4) is 0 Å². The number of rotatable bonds is 6. The average molecular weight is 284 g/mol. The fraction of sp³-hybridized carbons (Fsp3) is 0.600. The molecule has 1 atom stereocenters. The zero-order valence-electron chi connectivity index (χ0n) is 11.5. The first-order chi connectivity index (χ1) is 9.29. The molecule has 19 heavy (non-hydrogen) atoms. The van der Waals surface area contributed by atoms with E-state index in [-0.39, 0.29) is 6.10 Å². The molecule has 1 saturated heterocycles. The van der Waals surface area contributed by atoms with Gasteiger partial charge in [-0.2, -0.15) is 0 Å². The highest BCUT2D eigenvalue weighted by atomic mass is 35.5. The number of nitrogens with one attached hydrogen (secondary N) is 1. The van der Waals surface area contributed by atoms with Crippen LogP contribution in [0.5, 0.6) is 5.75 Å². The molecule has 1 heterocycles. The molecule has 1 aromatic rings. The van der Waals surface area contributed by atoms with E-state index in [1.54, 1.807) is 0 Å². The summed E-state index contributed by atoms with van der Waals surface area (Å²) in [7, 11) is 0. The molecule has 1 N–H and O–H groups in total. The third kappa shape index (κ3) is 4.68.